The second-order valence-corrected chi connectivity index (χ2v) is 6.51. The minimum absolute atomic E-state index is 0.0587. The number of aromatic nitrogens is 1. The Morgan fingerprint density at radius 2 is 2.09 bits per heavy atom. The zero-order valence-electron chi connectivity index (χ0n) is 13.3. The number of likely N-dealkylation sites (tertiary alicyclic amines) is 1. The molecule has 3 saturated heterocycles. The zero-order valence-corrected chi connectivity index (χ0v) is 13.3. The van der Waals surface area contributed by atoms with Crippen molar-refractivity contribution in [2.45, 2.75) is 37.4 Å². The van der Waals surface area contributed by atoms with Gasteiger partial charge in [-0.3, -0.25) is 4.79 Å². The van der Waals surface area contributed by atoms with Crippen LogP contribution in [0.4, 0.5) is 0 Å². The van der Waals surface area contributed by atoms with Crippen LogP contribution in [0.5, 0.6) is 0 Å². The third-order valence-corrected chi connectivity index (χ3v) is 5.01. The fourth-order valence-electron chi connectivity index (χ4n) is 3.63. The molecule has 3 aliphatic rings. The second kappa shape index (κ2) is 6.22. The largest absolute Gasteiger partial charge is 0.448 e. The molecule has 0 bridgehead atoms. The van der Waals surface area contributed by atoms with Crippen molar-refractivity contribution in [3.63, 3.8) is 0 Å². The molecule has 23 heavy (non-hydrogen) atoms. The van der Waals surface area contributed by atoms with Crippen LogP contribution in [0.3, 0.4) is 0 Å². The first-order valence-corrected chi connectivity index (χ1v) is 8.49. The predicted octanol–water partition coefficient (Wildman–Crippen LogP) is 1.12. The number of carbonyl (C=O) groups is 1. The van der Waals surface area contributed by atoms with Gasteiger partial charge in [0.05, 0.1) is 13.2 Å². The van der Waals surface area contributed by atoms with E-state index in [2.05, 4.69) is 10.3 Å². The molecule has 0 aliphatic carbocycles. The summed E-state index contributed by atoms with van der Waals surface area (Å²) >= 11 is 0. The molecule has 7 heteroatoms. The molecule has 1 aromatic heterocycles. The van der Waals surface area contributed by atoms with Gasteiger partial charge in [0, 0.05) is 38.4 Å². The topological polar surface area (TPSA) is 76.8 Å². The molecule has 1 unspecified atom stereocenters. The third-order valence-electron chi connectivity index (χ3n) is 5.01. The van der Waals surface area contributed by atoms with Crippen LogP contribution in [0.2, 0.25) is 0 Å². The van der Waals surface area contributed by atoms with Crippen molar-refractivity contribution < 1.29 is 18.7 Å². The Kier molecular flexibility index (Phi) is 4.09. The van der Waals surface area contributed by atoms with Gasteiger partial charge in [0.15, 0.2) is 17.4 Å². The summed E-state index contributed by atoms with van der Waals surface area (Å²) in [6.45, 7) is 4.47. The summed E-state index contributed by atoms with van der Waals surface area (Å²) in [4.78, 5) is 18.9. The fraction of sp³-hybridized carbons (Fsp3) is 0.750. The number of carbonyl (C=O) groups excluding carboxylic acids is 1. The van der Waals surface area contributed by atoms with Gasteiger partial charge in [-0.1, -0.05) is 0 Å². The number of piperidine rings is 2. The van der Waals surface area contributed by atoms with E-state index in [4.69, 9.17) is 13.9 Å². The molecule has 3 aliphatic heterocycles. The van der Waals surface area contributed by atoms with Crippen LogP contribution in [-0.4, -0.2) is 61.0 Å². The fourth-order valence-corrected chi connectivity index (χ4v) is 3.63. The lowest BCUT2D eigenvalue weighted by molar-refractivity contribution is -0.181. The summed E-state index contributed by atoms with van der Waals surface area (Å²) in [5.74, 6) is 0.433. The molecule has 0 aromatic carbocycles. The molecule has 1 aromatic rings. The van der Waals surface area contributed by atoms with E-state index in [1.165, 1.54) is 6.26 Å². The maximum atomic E-state index is 12.6. The van der Waals surface area contributed by atoms with Crippen molar-refractivity contribution in [3.8, 4) is 0 Å². The molecule has 3 fully saturated rings. The Labute approximate surface area is 135 Å². The molecule has 1 atom stereocenters. The van der Waals surface area contributed by atoms with Gasteiger partial charge in [-0.2, -0.15) is 0 Å². The molecule has 1 spiro atoms. The number of nitrogens with zero attached hydrogens (tertiary/aromatic N) is 2. The highest BCUT2D eigenvalue weighted by atomic mass is 16.7. The highest BCUT2D eigenvalue weighted by Gasteiger charge is 2.41. The number of ether oxygens (including phenoxy) is 2. The Morgan fingerprint density at radius 3 is 2.78 bits per heavy atom. The SMILES string of the molecule is O=C(c1coc(C2CCCNC2)n1)N1CCC2(CC1)OCCO2. The second-order valence-electron chi connectivity index (χ2n) is 6.51. The lowest BCUT2D eigenvalue weighted by Crippen LogP contribution is -2.47. The van der Waals surface area contributed by atoms with Gasteiger partial charge in [0.2, 0.25) is 0 Å². The molecule has 126 valence electrons. The molecule has 4 rings (SSSR count). The van der Waals surface area contributed by atoms with Gasteiger partial charge < -0.3 is 24.1 Å². The lowest BCUT2D eigenvalue weighted by Gasteiger charge is -2.37. The van der Waals surface area contributed by atoms with Crippen molar-refractivity contribution in [1.82, 2.24) is 15.2 Å². The molecule has 1 amide bonds. The number of amides is 1. The first-order chi connectivity index (χ1) is 11.3. The molecule has 4 heterocycles. The Hall–Kier alpha value is -1.44. The maximum absolute atomic E-state index is 12.6. The van der Waals surface area contributed by atoms with E-state index in [0.717, 1.165) is 38.8 Å². The lowest BCUT2D eigenvalue weighted by atomic mass is 10.00. The first kappa shape index (κ1) is 15.1. The number of hydrogen-bond acceptors (Lipinski definition) is 6. The molecule has 0 radical (unpaired) electrons. The van der Waals surface area contributed by atoms with Crippen LogP contribution in [0.1, 0.15) is 48.0 Å². The van der Waals surface area contributed by atoms with E-state index < -0.39 is 5.79 Å². The summed E-state index contributed by atoms with van der Waals surface area (Å²) < 4.78 is 17.0. The van der Waals surface area contributed by atoms with E-state index >= 15 is 0 Å². The van der Waals surface area contributed by atoms with Crippen LogP contribution in [0.15, 0.2) is 10.7 Å². The monoisotopic (exact) mass is 321 g/mol. The number of nitrogens with one attached hydrogen (secondary N) is 1. The average molecular weight is 321 g/mol. The van der Waals surface area contributed by atoms with Crippen LogP contribution in [-0.2, 0) is 9.47 Å². The number of oxazole rings is 1. The summed E-state index contributed by atoms with van der Waals surface area (Å²) in [5, 5.41) is 3.34. The van der Waals surface area contributed by atoms with Gasteiger partial charge in [-0.15, -0.1) is 0 Å². The molecule has 0 saturated carbocycles. The minimum Gasteiger partial charge on any atom is -0.448 e. The average Bonchev–Trinajstić information content (AvgIpc) is 3.26. The quantitative estimate of drug-likeness (QED) is 0.880. The van der Waals surface area contributed by atoms with Crippen LogP contribution < -0.4 is 5.32 Å². The summed E-state index contributed by atoms with van der Waals surface area (Å²) in [5.41, 5.74) is 0.412. The van der Waals surface area contributed by atoms with E-state index in [1.54, 1.807) is 0 Å². The number of rotatable bonds is 2. The van der Waals surface area contributed by atoms with E-state index in [0.29, 0.717) is 37.9 Å². The van der Waals surface area contributed by atoms with Crippen molar-refractivity contribution in [2.75, 3.05) is 39.4 Å². The van der Waals surface area contributed by atoms with Crippen molar-refractivity contribution in [1.29, 1.82) is 0 Å². The van der Waals surface area contributed by atoms with Gasteiger partial charge in [-0.05, 0) is 19.4 Å². The first-order valence-electron chi connectivity index (χ1n) is 8.49. The predicted molar refractivity (Wildman–Crippen MR) is 81.1 cm³/mol. The standard InChI is InChI=1S/C16H23N3O4/c20-15(19-6-3-16(4-7-19)22-8-9-23-16)13-11-21-14(18-13)12-2-1-5-17-10-12/h11-12,17H,1-10H2. The van der Waals surface area contributed by atoms with Crippen LogP contribution in [0.25, 0.3) is 0 Å². The normalized spacial score (nSPS) is 27.5. The summed E-state index contributed by atoms with van der Waals surface area (Å²) in [6.07, 6.45) is 5.11. The Bertz CT molecular complexity index is 551. The summed E-state index contributed by atoms with van der Waals surface area (Å²) in [6, 6.07) is 0. The molecule has 7 nitrogen and oxygen atoms in total. The van der Waals surface area contributed by atoms with Crippen molar-refractivity contribution in [2.24, 2.45) is 0 Å². The van der Waals surface area contributed by atoms with Gasteiger partial charge in [-0.25, -0.2) is 4.98 Å². The van der Waals surface area contributed by atoms with Gasteiger partial charge >= 0.3 is 0 Å². The number of hydrogen-bond donors (Lipinski definition) is 1. The molecule has 1 N–H and O–H groups in total. The Morgan fingerprint density at radius 1 is 1.30 bits per heavy atom. The Balaban J connectivity index is 1.38. The molecular formula is C16H23N3O4. The third kappa shape index (κ3) is 3.00. The van der Waals surface area contributed by atoms with Gasteiger partial charge in [0.1, 0.15) is 6.26 Å². The van der Waals surface area contributed by atoms with Crippen LogP contribution >= 0.6 is 0 Å². The van der Waals surface area contributed by atoms with E-state index in [-0.39, 0.29) is 11.8 Å². The van der Waals surface area contributed by atoms with E-state index in [1.807, 2.05) is 4.90 Å². The molecular weight excluding hydrogens is 298 g/mol. The zero-order chi connectivity index (χ0) is 15.7. The van der Waals surface area contributed by atoms with Crippen LogP contribution in [0, 0.1) is 0 Å². The van der Waals surface area contributed by atoms with Gasteiger partial charge in [0.25, 0.3) is 5.91 Å². The van der Waals surface area contributed by atoms with Crippen molar-refractivity contribution >= 4 is 5.91 Å². The summed E-state index contributed by atoms with van der Waals surface area (Å²) in [7, 11) is 0. The minimum atomic E-state index is -0.459. The maximum Gasteiger partial charge on any atom is 0.275 e. The highest BCUT2D eigenvalue weighted by molar-refractivity contribution is 5.92. The van der Waals surface area contributed by atoms with Crippen molar-refractivity contribution in [3.05, 3.63) is 17.8 Å². The highest BCUT2D eigenvalue weighted by Crippen LogP contribution is 2.32. The van der Waals surface area contributed by atoms with E-state index in [9.17, 15) is 4.79 Å². The smallest absolute Gasteiger partial charge is 0.275 e.